The van der Waals surface area contributed by atoms with Crippen molar-refractivity contribution in [2.24, 2.45) is 20.0 Å². The SMILES string of the molecule is CC=CN(C)C(C)=C(O)C(C)Cc1cc(Cn2cc[n+](C)c2C)cc(Cn2cc[n+](C)c2C)c1. The molecule has 1 aromatic carbocycles. The van der Waals surface area contributed by atoms with Crippen LogP contribution in [0.1, 0.15) is 49.1 Å². The van der Waals surface area contributed by atoms with Gasteiger partial charge in [0.05, 0.1) is 19.8 Å². The van der Waals surface area contributed by atoms with Crippen LogP contribution >= 0.6 is 0 Å². The van der Waals surface area contributed by atoms with Crippen LogP contribution in [0.15, 0.2) is 66.7 Å². The standard InChI is InChI=1S/C28H40N5O/c1-9-10-29(6)22(3)28(34)21(2)15-25-16-26(19-32-13-11-30(7)23(32)4)18-27(17-25)20-33-14-12-31(8)24(33)5/h9-14,16-18,21H,15,19-20H2,1-8H3/q+1/p+1. The maximum atomic E-state index is 10.9. The van der Waals surface area contributed by atoms with E-state index in [0.29, 0.717) is 5.76 Å². The van der Waals surface area contributed by atoms with Crippen molar-refractivity contribution in [1.82, 2.24) is 14.0 Å². The van der Waals surface area contributed by atoms with Crippen molar-refractivity contribution in [3.63, 3.8) is 0 Å². The smallest absolute Gasteiger partial charge is 0.253 e. The summed E-state index contributed by atoms with van der Waals surface area (Å²) in [6.45, 7) is 12.0. The van der Waals surface area contributed by atoms with Gasteiger partial charge >= 0.3 is 0 Å². The molecule has 0 radical (unpaired) electrons. The Morgan fingerprint density at radius 1 is 0.971 bits per heavy atom. The molecule has 6 nitrogen and oxygen atoms in total. The van der Waals surface area contributed by atoms with Crippen LogP contribution in [0.3, 0.4) is 0 Å². The van der Waals surface area contributed by atoms with Crippen molar-refractivity contribution in [2.75, 3.05) is 7.05 Å². The summed E-state index contributed by atoms with van der Waals surface area (Å²) >= 11 is 0. The first-order chi connectivity index (χ1) is 16.1. The van der Waals surface area contributed by atoms with Gasteiger partial charge in [-0.3, -0.25) is 0 Å². The Labute approximate surface area is 204 Å². The van der Waals surface area contributed by atoms with E-state index in [2.05, 4.69) is 96.1 Å². The third-order valence-corrected chi connectivity index (χ3v) is 6.89. The third kappa shape index (κ3) is 5.79. The Balaban J connectivity index is 1.93. The largest absolute Gasteiger partial charge is 0.510 e. The van der Waals surface area contributed by atoms with E-state index >= 15 is 0 Å². The first-order valence-corrected chi connectivity index (χ1v) is 12.0. The monoisotopic (exact) mass is 463 g/mol. The summed E-state index contributed by atoms with van der Waals surface area (Å²) in [5, 5.41) is 10.9. The highest BCUT2D eigenvalue weighted by Crippen LogP contribution is 2.22. The van der Waals surface area contributed by atoms with E-state index in [1.54, 1.807) is 0 Å². The Bertz CT molecular complexity index is 1130. The molecular formula is C28H41N5O+2. The Morgan fingerprint density at radius 2 is 1.44 bits per heavy atom. The molecule has 34 heavy (non-hydrogen) atoms. The first kappa shape index (κ1) is 25.3. The van der Waals surface area contributed by atoms with Crippen LogP contribution in [0.25, 0.3) is 0 Å². The number of aliphatic hydroxyl groups excluding tert-OH is 1. The van der Waals surface area contributed by atoms with Gasteiger partial charge in [-0.1, -0.05) is 25.1 Å². The number of aliphatic hydroxyl groups is 1. The summed E-state index contributed by atoms with van der Waals surface area (Å²) in [5.41, 5.74) is 4.68. The van der Waals surface area contributed by atoms with E-state index in [1.165, 1.54) is 28.3 Å². The molecule has 3 rings (SSSR count). The summed E-state index contributed by atoms with van der Waals surface area (Å²) in [6.07, 6.45) is 13.2. The molecular weight excluding hydrogens is 422 g/mol. The lowest BCUT2D eigenvalue weighted by molar-refractivity contribution is -0.677. The molecule has 0 amide bonds. The maximum absolute atomic E-state index is 10.9. The normalized spacial score (nSPS) is 13.4. The first-order valence-electron chi connectivity index (χ1n) is 12.0. The van der Waals surface area contributed by atoms with Crippen LogP contribution in [0.2, 0.25) is 0 Å². The number of hydrogen-bond donors (Lipinski definition) is 1. The van der Waals surface area contributed by atoms with Gasteiger partial charge in [-0.25, -0.2) is 18.3 Å². The van der Waals surface area contributed by atoms with E-state index in [-0.39, 0.29) is 5.92 Å². The van der Waals surface area contributed by atoms with Gasteiger partial charge in [0.15, 0.2) is 0 Å². The summed E-state index contributed by atoms with van der Waals surface area (Å²) in [6, 6.07) is 6.90. The van der Waals surface area contributed by atoms with Gasteiger partial charge in [0, 0.05) is 26.8 Å². The van der Waals surface area contributed by atoms with Crippen molar-refractivity contribution >= 4 is 0 Å². The van der Waals surface area contributed by atoms with Crippen molar-refractivity contribution in [1.29, 1.82) is 0 Å². The van der Waals surface area contributed by atoms with Crippen LogP contribution in [0, 0.1) is 19.8 Å². The van der Waals surface area contributed by atoms with E-state index < -0.39 is 0 Å². The number of rotatable bonds is 9. The lowest BCUT2D eigenvalue weighted by atomic mass is 9.95. The number of hydrogen-bond acceptors (Lipinski definition) is 2. The van der Waals surface area contributed by atoms with E-state index in [1.807, 2.05) is 38.1 Å². The number of aromatic nitrogens is 4. The van der Waals surface area contributed by atoms with E-state index in [9.17, 15) is 5.11 Å². The molecule has 1 N–H and O–H groups in total. The quantitative estimate of drug-likeness (QED) is 0.384. The topological polar surface area (TPSA) is 41.1 Å². The number of imidazole rings is 2. The molecule has 6 heteroatoms. The van der Waals surface area contributed by atoms with Crippen LogP contribution in [0.5, 0.6) is 0 Å². The fraction of sp³-hybridized carbons (Fsp3) is 0.429. The van der Waals surface area contributed by atoms with Gasteiger partial charge in [-0.2, -0.15) is 0 Å². The van der Waals surface area contributed by atoms with Gasteiger partial charge in [-0.05, 0) is 49.2 Å². The highest BCUT2D eigenvalue weighted by Gasteiger charge is 2.17. The van der Waals surface area contributed by atoms with E-state index in [4.69, 9.17) is 0 Å². The Morgan fingerprint density at radius 3 is 1.85 bits per heavy atom. The van der Waals surface area contributed by atoms with Gasteiger partial charge in [0.1, 0.15) is 43.6 Å². The molecule has 0 aliphatic heterocycles. The zero-order valence-corrected chi connectivity index (χ0v) is 22.1. The van der Waals surface area contributed by atoms with E-state index in [0.717, 1.165) is 25.2 Å². The minimum absolute atomic E-state index is 0.0213. The zero-order chi connectivity index (χ0) is 25.0. The fourth-order valence-electron chi connectivity index (χ4n) is 4.39. The lowest BCUT2D eigenvalue weighted by Gasteiger charge is -2.20. The average molecular weight is 464 g/mol. The molecule has 3 aromatic rings. The molecule has 0 saturated heterocycles. The number of benzene rings is 1. The van der Waals surface area contributed by atoms with Crippen molar-refractivity contribution in [3.05, 3.63) is 95.1 Å². The van der Waals surface area contributed by atoms with Crippen molar-refractivity contribution in [3.8, 4) is 0 Å². The predicted molar refractivity (Wildman–Crippen MR) is 136 cm³/mol. The second kappa shape index (κ2) is 10.8. The van der Waals surface area contributed by atoms with Crippen molar-refractivity contribution in [2.45, 2.75) is 54.1 Å². The van der Waals surface area contributed by atoms with Crippen LogP contribution in [0.4, 0.5) is 0 Å². The highest BCUT2D eigenvalue weighted by atomic mass is 16.3. The summed E-state index contributed by atoms with van der Waals surface area (Å²) in [7, 11) is 6.12. The molecule has 2 heterocycles. The molecule has 0 spiro atoms. The lowest BCUT2D eigenvalue weighted by Crippen LogP contribution is -2.30. The molecule has 1 atom stereocenters. The zero-order valence-electron chi connectivity index (χ0n) is 22.1. The van der Waals surface area contributed by atoms with Crippen LogP contribution < -0.4 is 9.13 Å². The van der Waals surface area contributed by atoms with Gasteiger partial charge in [0.25, 0.3) is 11.6 Å². The second-order valence-corrected chi connectivity index (χ2v) is 9.50. The molecule has 0 bridgehead atoms. The third-order valence-electron chi connectivity index (χ3n) is 6.89. The predicted octanol–water partition coefficient (Wildman–Crippen LogP) is 4.09. The van der Waals surface area contributed by atoms with Gasteiger partial charge in [-0.15, -0.1) is 0 Å². The molecule has 0 aliphatic rings. The van der Waals surface area contributed by atoms with Crippen LogP contribution in [-0.4, -0.2) is 26.2 Å². The molecule has 0 aliphatic carbocycles. The average Bonchev–Trinajstić information content (AvgIpc) is 3.28. The Kier molecular flexibility index (Phi) is 8.02. The highest BCUT2D eigenvalue weighted by molar-refractivity contribution is 5.32. The van der Waals surface area contributed by atoms with Gasteiger partial charge < -0.3 is 10.0 Å². The van der Waals surface area contributed by atoms with Crippen LogP contribution in [-0.2, 0) is 33.6 Å². The number of allylic oxidation sites excluding steroid dienone is 3. The number of nitrogens with zero attached hydrogens (tertiary/aromatic N) is 5. The second-order valence-electron chi connectivity index (χ2n) is 9.50. The minimum Gasteiger partial charge on any atom is -0.510 e. The molecule has 0 fully saturated rings. The number of aryl methyl sites for hydroxylation is 2. The maximum Gasteiger partial charge on any atom is 0.253 e. The molecule has 0 saturated carbocycles. The summed E-state index contributed by atoms with van der Waals surface area (Å²) in [5.74, 6) is 2.90. The van der Waals surface area contributed by atoms with Crippen molar-refractivity contribution < 1.29 is 14.2 Å². The molecule has 1 unspecified atom stereocenters. The Hall–Kier alpha value is -3.28. The molecule has 2 aromatic heterocycles. The molecule has 182 valence electrons. The minimum atomic E-state index is 0.0213. The fourth-order valence-corrected chi connectivity index (χ4v) is 4.39. The summed E-state index contributed by atoms with van der Waals surface area (Å²) in [4.78, 5) is 1.97. The van der Waals surface area contributed by atoms with Gasteiger partial charge in [0.2, 0.25) is 0 Å². The summed E-state index contributed by atoms with van der Waals surface area (Å²) < 4.78 is 8.84.